The van der Waals surface area contributed by atoms with Crippen LogP contribution in [0.3, 0.4) is 0 Å². The molecular weight excluding hydrogens is 315 g/mol. The lowest BCUT2D eigenvalue weighted by atomic mass is 10.1. The van der Waals surface area contributed by atoms with E-state index in [-0.39, 0.29) is 0 Å². The Bertz CT molecular complexity index is 179. The van der Waals surface area contributed by atoms with E-state index in [1.54, 1.807) is 0 Å². The standard InChI is InChI=1S/C12H25IOSi/c1-15(2,3)14-12-10-8-6-4-5-7-9-11(12)13/h11-12H,4-10H2,1-3H3. The Morgan fingerprint density at radius 1 is 0.933 bits per heavy atom. The zero-order valence-corrected chi connectivity index (χ0v) is 13.5. The highest BCUT2D eigenvalue weighted by atomic mass is 127. The van der Waals surface area contributed by atoms with Crippen molar-refractivity contribution in [2.24, 2.45) is 0 Å². The fourth-order valence-electron chi connectivity index (χ4n) is 2.17. The summed E-state index contributed by atoms with van der Waals surface area (Å²) in [7, 11) is -1.35. The summed E-state index contributed by atoms with van der Waals surface area (Å²) in [6, 6.07) is 0. The van der Waals surface area contributed by atoms with Crippen LogP contribution in [0.25, 0.3) is 0 Å². The second kappa shape index (κ2) is 6.60. The van der Waals surface area contributed by atoms with Gasteiger partial charge in [-0.3, -0.25) is 0 Å². The lowest BCUT2D eigenvalue weighted by Gasteiger charge is -2.29. The van der Waals surface area contributed by atoms with Crippen LogP contribution in [0.5, 0.6) is 0 Å². The van der Waals surface area contributed by atoms with E-state index in [0.29, 0.717) is 6.10 Å². The highest BCUT2D eigenvalue weighted by Crippen LogP contribution is 2.27. The molecule has 90 valence electrons. The topological polar surface area (TPSA) is 9.23 Å². The molecule has 0 aromatic heterocycles. The Labute approximate surface area is 110 Å². The maximum absolute atomic E-state index is 6.31. The fourth-order valence-corrected chi connectivity index (χ4v) is 4.58. The normalized spacial score (nSPS) is 30.4. The predicted molar refractivity (Wildman–Crippen MR) is 78.3 cm³/mol. The SMILES string of the molecule is C[Si](C)(C)OC1CCCCCCCC1I. The first-order valence-corrected chi connectivity index (χ1v) is 11.0. The Kier molecular flexibility index (Phi) is 6.14. The molecule has 2 atom stereocenters. The first-order chi connectivity index (χ1) is 6.99. The number of halogens is 1. The molecule has 0 aromatic carbocycles. The Morgan fingerprint density at radius 3 is 2.07 bits per heavy atom. The zero-order chi connectivity index (χ0) is 11.3. The first-order valence-electron chi connectivity index (χ1n) is 6.31. The summed E-state index contributed by atoms with van der Waals surface area (Å²) in [5, 5.41) is 0. The molecule has 3 heteroatoms. The van der Waals surface area contributed by atoms with Crippen molar-refractivity contribution in [1.82, 2.24) is 0 Å². The van der Waals surface area contributed by atoms with Gasteiger partial charge < -0.3 is 4.43 Å². The van der Waals surface area contributed by atoms with Crippen molar-refractivity contribution in [3.05, 3.63) is 0 Å². The van der Waals surface area contributed by atoms with Gasteiger partial charge in [0.15, 0.2) is 8.32 Å². The van der Waals surface area contributed by atoms with Crippen LogP contribution in [-0.2, 0) is 4.43 Å². The second-order valence-corrected chi connectivity index (χ2v) is 11.7. The van der Waals surface area contributed by atoms with Gasteiger partial charge >= 0.3 is 0 Å². The third-order valence-corrected chi connectivity index (χ3v) is 5.31. The van der Waals surface area contributed by atoms with Gasteiger partial charge in [0, 0.05) is 3.92 Å². The van der Waals surface area contributed by atoms with Crippen LogP contribution in [0.15, 0.2) is 0 Å². The summed E-state index contributed by atoms with van der Waals surface area (Å²) < 4.78 is 7.06. The minimum absolute atomic E-state index is 0.537. The third kappa shape index (κ3) is 6.27. The molecule has 2 unspecified atom stereocenters. The monoisotopic (exact) mass is 340 g/mol. The fraction of sp³-hybridized carbons (Fsp3) is 1.00. The van der Waals surface area contributed by atoms with Gasteiger partial charge in [-0.25, -0.2) is 0 Å². The highest BCUT2D eigenvalue weighted by Gasteiger charge is 2.26. The molecule has 0 amide bonds. The lowest BCUT2D eigenvalue weighted by Crippen LogP contribution is -2.36. The molecule has 1 fully saturated rings. The molecule has 1 aliphatic carbocycles. The van der Waals surface area contributed by atoms with Gasteiger partial charge in [-0.05, 0) is 32.5 Å². The number of rotatable bonds is 2. The average molecular weight is 340 g/mol. The molecule has 15 heavy (non-hydrogen) atoms. The van der Waals surface area contributed by atoms with E-state index in [2.05, 4.69) is 42.2 Å². The number of hydrogen-bond donors (Lipinski definition) is 0. The van der Waals surface area contributed by atoms with Crippen LogP contribution in [0.4, 0.5) is 0 Å². The van der Waals surface area contributed by atoms with Crippen molar-refractivity contribution < 1.29 is 4.43 Å². The summed E-state index contributed by atoms with van der Waals surface area (Å²) >= 11 is 2.62. The maximum Gasteiger partial charge on any atom is 0.184 e. The second-order valence-electron chi connectivity index (χ2n) is 5.63. The van der Waals surface area contributed by atoms with Gasteiger partial charge in [-0.15, -0.1) is 0 Å². The summed E-state index contributed by atoms with van der Waals surface area (Å²) in [6.45, 7) is 6.93. The van der Waals surface area contributed by atoms with E-state index in [1.807, 2.05) is 0 Å². The van der Waals surface area contributed by atoms with Gasteiger partial charge in [-0.2, -0.15) is 0 Å². The Morgan fingerprint density at radius 2 is 1.47 bits per heavy atom. The summed E-state index contributed by atoms with van der Waals surface area (Å²) in [5.74, 6) is 0. The third-order valence-electron chi connectivity index (χ3n) is 2.88. The molecule has 0 radical (unpaired) electrons. The molecule has 0 heterocycles. The molecule has 1 aliphatic rings. The molecule has 0 aliphatic heterocycles. The summed E-state index contributed by atoms with van der Waals surface area (Å²) in [6.07, 6.45) is 10.2. The van der Waals surface area contributed by atoms with Crippen molar-refractivity contribution in [3.8, 4) is 0 Å². The number of hydrogen-bond acceptors (Lipinski definition) is 1. The molecule has 1 rings (SSSR count). The van der Waals surface area contributed by atoms with Crippen LogP contribution in [0.2, 0.25) is 19.6 Å². The van der Waals surface area contributed by atoms with Crippen LogP contribution in [0.1, 0.15) is 44.9 Å². The highest BCUT2D eigenvalue weighted by molar-refractivity contribution is 14.1. The van der Waals surface area contributed by atoms with Crippen LogP contribution >= 0.6 is 22.6 Å². The van der Waals surface area contributed by atoms with E-state index in [4.69, 9.17) is 4.43 Å². The smallest absolute Gasteiger partial charge is 0.184 e. The van der Waals surface area contributed by atoms with Crippen molar-refractivity contribution >= 4 is 30.9 Å². The minimum Gasteiger partial charge on any atom is -0.414 e. The van der Waals surface area contributed by atoms with Gasteiger partial charge in [0.05, 0.1) is 6.10 Å². The van der Waals surface area contributed by atoms with E-state index in [9.17, 15) is 0 Å². The van der Waals surface area contributed by atoms with Crippen LogP contribution in [0, 0.1) is 0 Å². The maximum atomic E-state index is 6.31. The van der Waals surface area contributed by atoms with Gasteiger partial charge in [0.2, 0.25) is 0 Å². The van der Waals surface area contributed by atoms with Crippen molar-refractivity contribution in [2.45, 2.75) is 74.6 Å². The predicted octanol–water partition coefficient (Wildman–Crippen LogP) is 4.75. The molecule has 1 saturated carbocycles. The van der Waals surface area contributed by atoms with Crippen LogP contribution < -0.4 is 0 Å². The largest absolute Gasteiger partial charge is 0.414 e. The molecule has 0 saturated heterocycles. The molecule has 0 N–H and O–H groups in total. The van der Waals surface area contributed by atoms with Crippen molar-refractivity contribution in [1.29, 1.82) is 0 Å². The summed E-state index contributed by atoms with van der Waals surface area (Å²) in [5.41, 5.74) is 0. The van der Waals surface area contributed by atoms with Gasteiger partial charge in [0.1, 0.15) is 0 Å². The van der Waals surface area contributed by atoms with E-state index in [1.165, 1.54) is 44.9 Å². The van der Waals surface area contributed by atoms with Crippen LogP contribution in [-0.4, -0.2) is 18.3 Å². The minimum atomic E-state index is -1.35. The van der Waals surface area contributed by atoms with Crippen molar-refractivity contribution in [2.75, 3.05) is 0 Å². The molecule has 0 aromatic rings. The Balaban J connectivity index is 2.48. The van der Waals surface area contributed by atoms with E-state index in [0.717, 1.165) is 3.92 Å². The van der Waals surface area contributed by atoms with Gasteiger partial charge in [-0.1, -0.05) is 54.7 Å². The van der Waals surface area contributed by atoms with Gasteiger partial charge in [0.25, 0.3) is 0 Å². The quantitative estimate of drug-likeness (QED) is 0.400. The molecular formula is C12H25IOSi. The van der Waals surface area contributed by atoms with E-state index >= 15 is 0 Å². The summed E-state index contributed by atoms with van der Waals surface area (Å²) in [4.78, 5) is 0. The first kappa shape index (κ1) is 14.0. The van der Waals surface area contributed by atoms with Crippen molar-refractivity contribution in [3.63, 3.8) is 0 Å². The zero-order valence-electron chi connectivity index (χ0n) is 10.4. The number of alkyl halides is 1. The average Bonchev–Trinajstić information content (AvgIpc) is 2.19. The molecule has 1 nitrogen and oxygen atoms in total. The molecule has 0 spiro atoms. The lowest BCUT2D eigenvalue weighted by molar-refractivity contribution is 0.179. The Hall–Kier alpha value is 0.907. The van der Waals surface area contributed by atoms with E-state index < -0.39 is 8.32 Å². The molecule has 0 bridgehead atoms.